The van der Waals surface area contributed by atoms with Crippen LogP contribution in [0.1, 0.15) is 44.5 Å². The van der Waals surface area contributed by atoms with Gasteiger partial charge in [0.25, 0.3) is 0 Å². The largest absolute Gasteiger partial charge is 0.352 e. The smallest absolute Gasteiger partial charge is 0.242 e. The molecule has 0 bridgehead atoms. The van der Waals surface area contributed by atoms with E-state index in [4.69, 9.17) is 5.73 Å². The minimum absolute atomic E-state index is 0.0770. The number of hydrogen-bond donors (Lipinski definition) is 2. The monoisotopic (exact) mass is 254 g/mol. The van der Waals surface area contributed by atoms with Gasteiger partial charge in [-0.1, -0.05) is 32.8 Å². The molecule has 0 aliphatic carbocycles. The zero-order chi connectivity index (χ0) is 12.8. The van der Waals surface area contributed by atoms with Crippen LogP contribution in [0.3, 0.4) is 0 Å². The Balaban J connectivity index is 2.54. The molecule has 1 rings (SSSR count). The van der Waals surface area contributed by atoms with Crippen molar-refractivity contribution in [3.63, 3.8) is 0 Å². The molecular weight excluding hydrogens is 232 g/mol. The maximum atomic E-state index is 12.0. The molecule has 4 heteroatoms. The van der Waals surface area contributed by atoms with E-state index in [0.717, 1.165) is 17.7 Å². The molecule has 1 aromatic heterocycles. The number of nitrogens with two attached hydrogens (primary N) is 1. The normalized spacial score (nSPS) is 14.6. The van der Waals surface area contributed by atoms with Crippen molar-refractivity contribution in [1.29, 1.82) is 0 Å². The molecule has 0 saturated heterocycles. The van der Waals surface area contributed by atoms with Crippen LogP contribution >= 0.6 is 11.3 Å². The fourth-order valence-corrected chi connectivity index (χ4v) is 2.75. The molecule has 0 aliphatic heterocycles. The highest BCUT2D eigenvalue weighted by atomic mass is 32.1. The van der Waals surface area contributed by atoms with E-state index in [2.05, 4.69) is 26.1 Å². The molecule has 0 aromatic carbocycles. The Morgan fingerprint density at radius 1 is 1.47 bits per heavy atom. The summed E-state index contributed by atoms with van der Waals surface area (Å²) in [5.74, 6) is 0.446. The molecule has 1 amide bonds. The van der Waals surface area contributed by atoms with Crippen molar-refractivity contribution in [2.45, 2.75) is 45.7 Å². The summed E-state index contributed by atoms with van der Waals surface area (Å²) >= 11 is 1.52. The second kappa shape index (κ2) is 6.77. The van der Waals surface area contributed by atoms with Gasteiger partial charge in [-0.2, -0.15) is 0 Å². The van der Waals surface area contributed by atoms with Crippen LogP contribution in [0.2, 0.25) is 0 Å². The lowest BCUT2D eigenvalue weighted by atomic mass is 9.95. The average molecular weight is 254 g/mol. The lowest BCUT2D eigenvalue weighted by Gasteiger charge is -2.23. The molecule has 1 heterocycles. The van der Waals surface area contributed by atoms with E-state index in [1.54, 1.807) is 0 Å². The zero-order valence-corrected chi connectivity index (χ0v) is 11.6. The van der Waals surface area contributed by atoms with Crippen molar-refractivity contribution in [2.24, 2.45) is 11.7 Å². The molecule has 96 valence electrons. The van der Waals surface area contributed by atoms with E-state index in [9.17, 15) is 4.79 Å². The first-order valence-electron chi connectivity index (χ1n) is 6.19. The van der Waals surface area contributed by atoms with Gasteiger partial charge >= 0.3 is 0 Å². The van der Waals surface area contributed by atoms with Crippen LogP contribution < -0.4 is 11.1 Å². The van der Waals surface area contributed by atoms with Crippen molar-refractivity contribution in [3.05, 3.63) is 22.4 Å². The fraction of sp³-hybridized carbons (Fsp3) is 0.615. The summed E-state index contributed by atoms with van der Waals surface area (Å²) in [7, 11) is 0. The summed E-state index contributed by atoms with van der Waals surface area (Å²) in [6.07, 6.45) is 2.15. The van der Waals surface area contributed by atoms with Crippen molar-refractivity contribution in [3.8, 4) is 0 Å². The van der Waals surface area contributed by atoms with Gasteiger partial charge in [0.15, 0.2) is 0 Å². The molecule has 2 unspecified atom stereocenters. The van der Waals surface area contributed by atoms with E-state index in [1.807, 2.05) is 17.5 Å². The Morgan fingerprint density at radius 2 is 2.12 bits per heavy atom. The molecule has 3 nitrogen and oxygen atoms in total. The highest BCUT2D eigenvalue weighted by molar-refractivity contribution is 7.10. The molecule has 0 spiro atoms. The molecule has 3 N–H and O–H groups in total. The minimum Gasteiger partial charge on any atom is -0.352 e. The third kappa shape index (κ3) is 3.82. The Hall–Kier alpha value is -0.870. The van der Waals surface area contributed by atoms with Gasteiger partial charge in [-0.25, -0.2) is 0 Å². The Morgan fingerprint density at radius 3 is 2.59 bits per heavy atom. The van der Waals surface area contributed by atoms with Gasteiger partial charge in [0, 0.05) is 10.9 Å². The SMILES string of the molecule is CCC(CC)C(C)NC(=O)C(N)c1cccs1. The van der Waals surface area contributed by atoms with Gasteiger partial charge in [0.1, 0.15) is 6.04 Å². The van der Waals surface area contributed by atoms with Gasteiger partial charge in [-0.3, -0.25) is 4.79 Å². The first kappa shape index (κ1) is 14.2. The predicted molar refractivity (Wildman–Crippen MR) is 72.9 cm³/mol. The van der Waals surface area contributed by atoms with E-state index in [0.29, 0.717) is 5.92 Å². The number of carbonyl (C=O) groups excluding carboxylic acids is 1. The quantitative estimate of drug-likeness (QED) is 0.820. The summed E-state index contributed by atoms with van der Waals surface area (Å²) in [6, 6.07) is 3.46. The van der Waals surface area contributed by atoms with Crippen molar-refractivity contribution in [2.75, 3.05) is 0 Å². The van der Waals surface area contributed by atoms with E-state index in [1.165, 1.54) is 11.3 Å². The summed E-state index contributed by atoms with van der Waals surface area (Å²) in [5.41, 5.74) is 5.91. The lowest BCUT2D eigenvalue weighted by Crippen LogP contribution is -2.42. The van der Waals surface area contributed by atoms with Crippen LogP contribution in [0, 0.1) is 5.92 Å². The zero-order valence-electron chi connectivity index (χ0n) is 10.8. The number of hydrogen-bond acceptors (Lipinski definition) is 3. The number of carbonyl (C=O) groups is 1. The van der Waals surface area contributed by atoms with Gasteiger partial charge in [0.2, 0.25) is 5.91 Å². The number of nitrogens with one attached hydrogen (secondary N) is 1. The minimum atomic E-state index is -0.535. The van der Waals surface area contributed by atoms with E-state index >= 15 is 0 Å². The maximum absolute atomic E-state index is 12.0. The first-order chi connectivity index (χ1) is 8.10. The van der Waals surface area contributed by atoms with Gasteiger partial charge in [0.05, 0.1) is 0 Å². The highest BCUT2D eigenvalue weighted by Crippen LogP contribution is 2.18. The predicted octanol–water partition coefficient (Wildman–Crippen LogP) is 2.69. The van der Waals surface area contributed by atoms with Crippen LogP contribution in [-0.2, 0) is 4.79 Å². The number of rotatable bonds is 6. The van der Waals surface area contributed by atoms with Crippen molar-refractivity contribution >= 4 is 17.2 Å². The average Bonchev–Trinajstić information content (AvgIpc) is 2.83. The van der Waals surface area contributed by atoms with Crippen LogP contribution in [-0.4, -0.2) is 11.9 Å². The van der Waals surface area contributed by atoms with Gasteiger partial charge in [-0.15, -0.1) is 11.3 Å². The summed E-state index contributed by atoms with van der Waals surface area (Å²) in [6.45, 7) is 6.35. The van der Waals surface area contributed by atoms with Gasteiger partial charge in [-0.05, 0) is 24.3 Å². The van der Waals surface area contributed by atoms with Crippen LogP contribution in [0.5, 0.6) is 0 Å². The molecular formula is C13H22N2OS. The molecule has 17 heavy (non-hydrogen) atoms. The lowest BCUT2D eigenvalue weighted by molar-refractivity contribution is -0.123. The fourth-order valence-electron chi connectivity index (χ4n) is 2.03. The second-order valence-corrected chi connectivity index (χ2v) is 5.35. The molecule has 0 aliphatic rings. The first-order valence-corrected chi connectivity index (χ1v) is 7.07. The van der Waals surface area contributed by atoms with E-state index in [-0.39, 0.29) is 11.9 Å². The Labute approximate surface area is 107 Å². The molecule has 1 aromatic rings. The second-order valence-electron chi connectivity index (χ2n) is 4.37. The topological polar surface area (TPSA) is 55.1 Å². The van der Waals surface area contributed by atoms with Crippen LogP contribution in [0.15, 0.2) is 17.5 Å². The van der Waals surface area contributed by atoms with E-state index < -0.39 is 6.04 Å². The molecule has 2 atom stereocenters. The van der Waals surface area contributed by atoms with Crippen LogP contribution in [0.25, 0.3) is 0 Å². The standard InChI is InChI=1S/C13H22N2OS/c1-4-10(5-2)9(3)15-13(16)12(14)11-7-6-8-17-11/h6-10,12H,4-5,14H2,1-3H3,(H,15,16). The van der Waals surface area contributed by atoms with Crippen molar-refractivity contribution in [1.82, 2.24) is 5.32 Å². The molecule has 0 radical (unpaired) electrons. The molecule has 0 saturated carbocycles. The number of amides is 1. The highest BCUT2D eigenvalue weighted by Gasteiger charge is 2.21. The van der Waals surface area contributed by atoms with Gasteiger partial charge < -0.3 is 11.1 Å². The Kier molecular flexibility index (Phi) is 5.65. The van der Waals surface area contributed by atoms with Crippen LogP contribution in [0.4, 0.5) is 0 Å². The molecule has 0 fully saturated rings. The number of thiophene rings is 1. The Bertz CT molecular complexity index is 333. The summed E-state index contributed by atoms with van der Waals surface area (Å²) in [4.78, 5) is 12.9. The maximum Gasteiger partial charge on any atom is 0.242 e. The summed E-state index contributed by atoms with van der Waals surface area (Å²) < 4.78 is 0. The van der Waals surface area contributed by atoms with Crippen molar-refractivity contribution < 1.29 is 4.79 Å². The summed E-state index contributed by atoms with van der Waals surface area (Å²) in [5, 5.41) is 4.95. The third-order valence-electron chi connectivity index (χ3n) is 3.26. The third-order valence-corrected chi connectivity index (χ3v) is 4.21.